The summed E-state index contributed by atoms with van der Waals surface area (Å²) in [6, 6.07) is 11.5. The summed E-state index contributed by atoms with van der Waals surface area (Å²) in [6.45, 7) is 0. The first-order valence-electron chi connectivity index (χ1n) is 6.55. The maximum Gasteiger partial charge on any atom is 0.336 e. The molecule has 0 spiro atoms. The van der Waals surface area contributed by atoms with Crippen molar-refractivity contribution in [3.05, 3.63) is 66.0 Å². The second-order valence-electron chi connectivity index (χ2n) is 4.70. The van der Waals surface area contributed by atoms with Crippen LogP contribution in [0.4, 0.5) is 10.1 Å². The Morgan fingerprint density at radius 3 is 2.26 bits per heavy atom. The third kappa shape index (κ3) is 5.91. The van der Waals surface area contributed by atoms with Gasteiger partial charge in [-0.2, -0.15) is 0 Å². The Hall–Kier alpha value is -2.67. The minimum atomic E-state index is -3.35. The zero-order chi connectivity index (χ0) is 16.9. The summed E-state index contributed by atoms with van der Waals surface area (Å²) in [5.74, 6) is -0.677. The number of anilines is 1. The van der Waals surface area contributed by atoms with E-state index in [0.29, 0.717) is 11.3 Å². The molecule has 2 aromatic rings. The molecule has 0 amide bonds. The largest absolute Gasteiger partial charge is 0.423 e. The lowest BCUT2D eigenvalue weighted by molar-refractivity contribution is -0.128. The van der Waals surface area contributed by atoms with Gasteiger partial charge in [-0.1, -0.05) is 12.1 Å². The molecule has 0 heterocycles. The predicted molar refractivity (Wildman–Crippen MR) is 86.0 cm³/mol. The summed E-state index contributed by atoms with van der Waals surface area (Å²) in [5, 5.41) is 0. The number of rotatable bonds is 5. The Labute approximate surface area is 133 Å². The topological polar surface area (TPSA) is 72.5 Å². The summed E-state index contributed by atoms with van der Waals surface area (Å²) >= 11 is 0. The zero-order valence-electron chi connectivity index (χ0n) is 12.2. The van der Waals surface area contributed by atoms with Crippen molar-refractivity contribution in [1.82, 2.24) is 0 Å². The molecule has 0 radical (unpaired) electrons. The molecule has 0 atom stereocenters. The van der Waals surface area contributed by atoms with Crippen LogP contribution in [0.5, 0.6) is 5.75 Å². The van der Waals surface area contributed by atoms with Crippen LogP contribution in [0.2, 0.25) is 0 Å². The van der Waals surface area contributed by atoms with Gasteiger partial charge in [0.05, 0.1) is 6.26 Å². The van der Waals surface area contributed by atoms with E-state index in [0.717, 1.165) is 6.26 Å². The summed E-state index contributed by atoms with van der Waals surface area (Å²) < 4.78 is 42.3. The fourth-order valence-corrected chi connectivity index (χ4v) is 2.26. The molecule has 0 aliphatic rings. The van der Waals surface area contributed by atoms with E-state index < -0.39 is 16.0 Å². The van der Waals surface area contributed by atoms with Crippen molar-refractivity contribution in [1.29, 1.82) is 0 Å². The van der Waals surface area contributed by atoms with Crippen molar-refractivity contribution in [3.63, 3.8) is 0 Å². The van der Waals surface area contributed by atoms with Gasteiger partial charge in [0.2, 0.25) is 10.0 Å². The second kappa shape index (κ2) is 7.06. The number of halogens is 1. The molecule has 0 aromatic heterocycles. The smallest absolute Gasteiger partial charge is 0.336 e. The highest BCUT2D eigenvalue weighted by atomic mass is 32.2. The molecule has 0 saturated carbocycles. The lowest BCUT2D eigenvalue weighted by atomic mass is 10.2. The predicted octanol–water partition coefficient (Wildman–Crippen LogP) is 2.82. The van der Waals surface area contributed by atoms with Crippen LogP contribution in [0, 0.1) is 5.82 Å². The van der Waals surface area contributed by atoms with Gasteiger partial charge >= 0.3 is 5.97 Å². The van der Waals surface area contributed by atoms with Gasteiger partial charge in [-0.15, -0.1) is 0 Å². The van der Waals surface area contributed by atoms with Crippen LogP contribution in [0.25, 0.3) is 6.08 Å². The molecule has 0 fully saturated rings. The number of sulfonamides is 1. The lowest BCUT2D eigenvalue weighted by Crippen LogP contribution is -2.09. The lowest BCUT2D eigenvalue weighted by Gasteiger charge is -2.05. The van der Waals surface area contributed by atoms with Crippen LogP contribution < -0.4 is 9.46 Å². The molecule has 2 rings (SSSR count). The number of hydrogen-bond acceptors (Lipinski definition) is 4. The fraction of sp³-hybridized carbons (Fsp3) is 0.0625. The highest BCUT2D eigenvalue weighted by Crippen LogP contribution is 2.17. The molecule has 0 saturated heterocycles. The molecule has 7 heteroatoms. The average Bonchev–Trinajstić information content (AvgIpc) is 2.47. The van der Waals surface area contributed by atoms with Crippen molar-refractivity contribution in [3.8, 4) is 5.75 Å². The van der Waals surface area contributed by atoms with E-state index in [-0.39, 0.29) is 11.6 Å². The monoisotopic (exact) mass is 335 g/mol. The van der Waals surface area contributed by atoms with Crippen molar-refractivity contribution in [2.45, 2.75) is 0 Å². The minimum Gasteiger partial charge on any atom is -0.423 e. The molecular formula is C16H14FNO4S. The third-order valence-electron chi connectivity index (χ3n) is 2.66. The number of hydrogen-bond donors (Lipinski definition) is 1. The van der Waals surface area contributed by atoms with Crippen LogP contribution in [-0.2, 0) is 14.8 Å². The number of nitrogens with one attached hydrogen (secondary N) is 1. The Balaban J connectivity index is 1.96. The number of esters is 1. The average molecular weight is 335 g/mol. The number of ether oxygens (including phenoxy) is 1. The number of carbonyl (C=O) groups excluding carboxylic acids is 1. The van der Waals surface area contributed by atoms with Gasteiger partial charge in [-0.05, 0) is 48.0 Å². The molecule has 5 nitrogen and oxygen atoms in total. The Morgan fingerprint density at radius 2 is 1.70 bits per heavy atom. The van der Waals surface area contributed by atoms with Crippen LogP contribution >= 0.6 is 0 Å². The van der Waals surface area contributed by atoms with E-state index >= 15 is 0 Å². The van der Waals surface area contributed by atoms with Crippen molar-refractivity contribution >= 4 is 27.8 Å². The molecule has 0 bridgehead atoms. The molecular weight excluding hydrogens is 321 g/mol. The highest BCUT2D eigenvalue weighted by Gasteiger charge is 2.04. The van der Waals surface area contributed by atoms with Gasteiger partial charge in [0.1, 0.15) is 11.6 Å². The third-order valence-corrected chi connectivity index (χ3v) is 3.26. The first-order chi connectivity index (χ1) is 10.8. The Kier molecular flexibility index (Phi) is 5.13. The van der Waals surface area contributed by atoms with E-state index in [1.165, 1.54) is 60.7 Å². The minimum absolute atomic E-state index is 0.276. The molecule has 2 aromatic carbocycles. The van der Waals surface area contributed by atoms with Crippen LogP contribution in [0.1, 0.15) is 5.56 Å². The maximum absolute atomic E-state index is 12.8. The molecule has 120 valence electrons. The summed E-state index contributed by atoms with van der Waals surface area (Å²) in [5.41, 5.74) is 1.03. The standard InChI is InChI=1S/C16H14FNO4S/c1-23(20,21)18-14-7-9-15(10-8-14)22-16(19)11-4-12-2-5-13(17)6-3-12/h2-11,18H,1H3. The highest BCUT2D eigenvalue weighted by molar-refractivity contribution is 7.92. The van der Waals surface area contributed by atoms with Crippen molar-refractivity contribution < 1.29 is 22.3 Å². The zero-order valence-corrected chi connectivity index (χ0v) is 13.0. The van der Waals surface area contributed by atoms with Crippen molar-refractivity contribution in [2.24, 2.45) is 0 Å². The summed E-state index contributed by atoms with van der Waals surface area (Å²) in [4.78, 5) is 11.7. The van der Waals surface area contributed by atoms with Gasteiger partial charge in [0, 0.05) is 11.8 Å². The number of benzene rings is 2. The van der Waals surface area contributed by atoms with E-state index in [1.807, 2.05) is 0 Å². The van der Waals surface area contributed by atoms with E-state index in [9.17, 15) is 17.6 Å². The van der Waals surface area contributed by atoms with Gasteiger partial charge in [0.15, 0.2) is 0 Å². The SMILES string of the molecule is CS(=O)(=O)Nc1ccc(OC(=O)C=Cc2ccc(F)cc2)cc1. The van der Waals surface area contributed by atoms with Crippen LogP contribution in [0.3, 0.4) is 0 Å². The first-order valence-corrected chi connectivity index (χ1v) is 8.44. The summed E-state index contributed by atoms with van der Waals surface area (Å²) in [7, 11) is -3.35. The van der Waals surface area contributed by atoms with E-state index in [2.05, 4.69) is 4.72 Å². The normalized spacial score (nSPS) is 11.4. The molecule has 0 unspecified atom stereocenters. The Bertz CT molecular complexity index is 812. The number of carbonyl (C=O) groups is 1. The van der Waals surface area contributed by atoms with Gasteiger partial charge < -0.3 is 4.74 Å². The van der Waals surface area contributed by atoms with Crippen LogP contribution in [0.15, 0.2) is 54.6 Å². The van der Waals surface area contributed by atoms with Gasteiger partial charge in [0.25, 0.3) is 0 Å². The van der Waals surface area contributed by atoms with Gasteiger partial charge in [-0.25, -0.2) is 17.6 Å². The molecule has 1 N–H and O–H groups in total. The summed E-state index contributed by atoms with van der Waals surface area (Å²) in [6.07, 6.45) is 3.76. The quantitative estimate of drug-likeness (QED) is 0.518. The fourth-order valence-electron chi connectivity index (χ4n) is 1.69. The van der Waals surface area contributed by atoms with Gasteiger partial charge in [-0.3, -0.25) is 4.72 Å². The van der Waals surface area contributed by atoms with Crippen LogP contribution in [-0.4, -0.2) is 20.6 Å². The molecule has 0 aliphatic heterocycles. The molecule has 23 heavy (non-hydrogen) atoms. The van der Waals surface area contributed by atoms with E-state index in [1.54, 1.807) is 0 Å². The molecule has 0 aliphatic carbocycles. The second-order valence-corrected chi connectivity index (χ2v) is 6.45. The van der Waals surface area contributed by atoms with E-state index in [4.69, 9.17) is 4.74 Å². The first kappa shape index (κ1) is 16.7. The maximum atomic E-state index is 12.8. The van der Waals surface area contributed by atoms with Crippen molar-refractivity contribution in [2.75, 3.05) is 11.0 Å². The Morgan fingerprint density at radius 1 is 1.09 bits per heavy atom.